The lowest BCUT2D eigenvalue weighted by Gasteiger charge is -2.11. The molecule has 98 valence electrons. The predicted molar refractivity (Wildman–Crippen MR) is 76.1 cm³/mol. The topological polar surface area (TPSA) is 29.5 Å². The standard InChI is InChI=1S/C17H18O2/c18-17(15-6-7-15)12-19-16-10-8-14(9-11-16)13-4-2-1-3-5-13/h1-5,8-11,15,17-18H,6-7,12H2/t17-/m1/s1. The van der Waals surface area contributed by atoms with Crippen LogP contribution in [0.25, 0.3) is 11.1 Å². The Morgan fingerprint density at radius 3 is 2.21 bits per heavy atom. The number of benzene rings is 2. The van der Waals surface area contributed by atoms with Crippen molar-refractivity contribution >= 4 is 0 Å². The third-order valence-corrected chi connectivity index (χ3v) is 3.55. The molecule has 1 saturated carbocycles. The van der Waals surface area contributed by atoms with Crippen LogP contribution in [0.15, 0.2) is 54.6 Å². The normalized spacial score (nSPS) is 16.1. The number of ether oxygens (including phenoxy) is 1. The van der Waals surface area contributed by atoms with Crippen LogP contribution in [0.5, 0.6) is 5.75 Å². The van der Waals surface area contributed by atoms with Gasteiger partial charge in [0.1, 0.15) is 12.4 Å². The third-order valence-electron chi connectivity index (χ3n) is 3.55. The lowest BCUT2D eigenvalue weighted by molar-refractivity contribution is 0.0894. The highest BCUT2D eigenvalue weighted by atomic mass is 16.5. The van der Waals surface area contributed by atoms with Crippen LogP contribution in [0.3, 0.4) is 0 Å². The molecule has 1 atom stereocenters. The van der Waals surface area contributed by atoms with Gasteiger partial charge in [0.15, 0.2) is 0 Å². The second-order valence-electron chi connectivity index (χ2n) is 5.11. The van der Waals surface area contributed by atoms with E-state index >= 15 is 0 Å². The van der Waals surface area contributed by atoms with E-state index < -0.39 is 0 Å². The van der Waals surface area contributed by atoms with Gasteiger partial charge in [0.2, 0.25) is 0 Å². The lowest BCUT2D eigenvalue weighted by atomic mass is 10.1. The molecule has 0 aromatic heterocycles. The van der Waals surface area contributed by atoms with Crippen LogP contribution in [0, 0.1) is 5.92 Å². The minimum Gasteiger partial charge on any atom is -0.491 e. The van der Waals surface area contributed by atoms with Crippen LogP contribution in [0.2, 0.25) is 0 Å². The molecule has 0 spiro atoms. The highest BCUT2D eigenvalue weighted by Crippen LogP contribution is 2.32. The van der Waals surface area contributed by atoms with Crippen molar-refractivity contribution in [2.24, 2.45) is 5.92 Å². The second-order valence-corrected chi connectivity index (χ2v) is 5.11. The van der Waals surface area contributed by atoms with Gasteiger partial charge in [-0.2, -0.15) is 0 Å². The summed E-state index contributed by atoms with van der Waals surface area (Å²) >= 11 is 0. The molecule has 0 unspecified atom stereocenters. The summed E-state index contributed by atoms with van der Waals surface area (Å²) in [5.41, 5.74) is 2.38. The van der Waals surface area contributed by atoms with Crippen molar-refractivity contribution in [3.63, 3.8) is 0 Å². The zero-order valence-corrected chi connectivity index (χ0v) is 10.8. The first-order valence-electron chi connectivity index (χ1n) is 6.79. The summed E-state index contributed by atoms with van der Waals surface area (Å²) in [6, 6.07) is 18.3. The molecular formula is C17H18O2. The molecular weight excluding hydrogens is 236 g/mol. The van der Waals surface area contributed by atoms with Gasteiger partial charge in [-0.25, -0.2) is 0 Å². The summed E-state index contributed by atoms with van der Waals surface area (Å²) in [5.74, 6) is 1.28. The molecule has 3 rings (SSSR count). The fourth-order valence-corrected chi connectivity index (χ4v) is 2.17. The van der Waals surface area contributed by atoms with E-state index in [9.17, 15) is 5.11 Å². The van der Waals surface area contributed by atoms with Crippen LogP contribution in [0.4, 0.5) is 0 Å². The molecule has 0 saturated heterocycles. The largest absolute Gasteiger partial charge is 0.491 e. The number of hydrogen-bond acceptors (Lipinski definition) is 2. The molecule has 1 aliphatic carbocycles. The summed E-state index contributed by atoms with van der Waals surface area (Å²) in [6.45, 7) is 0.398. The molecule has 1 N–H and O–H groups in total. The van der Waals surface area contributed by atoms with Crippen LogP contribution < -0.4 is 4.74 Å². The first kappa shape index (κ1) is 12.2. The Kier molecular flexibility index (Phi) is 3.51. The van der Waals surface area contributed by atoms with Gasteiger partial charge in [-0.05, 0) is 42.0 Å². The Morgan fingerprint density at radius 2 is 1.58 bits per heavy atom. The Labute approximate surface area is 113 Å². The highest BCUT2D eigenvalue weighted by Gasteiger charge is 2.29. The number of aliphatic hydroxyl groups is 1. The van der Waals surface area contributed by atoms with Crippen molar-refractivity contribution in [2.45, 2.75) is 18.9 Å². The van der Waals surface area contributed by atoms with Crippen molar-refractivity contribution < 1.29 is 9.84 Å². The summed E-state index contributed by atoms with van der Waals surface area (Å²) in [5, 5.41) is 9.76. The van der Waals surface area contributed by atoms with Gasteiger partial charge in [-0.3, -0.25) is 0 Å². The molecule has 0 amide bonds. The average Bonchev–Trinajstić information content (AvgIpc) is 3.31. The van der Waals surface area contributed by atoms with E-state index in [2.05, 4.69) is 12.1 Å². The molecule has 1 fully saturated rings. The van der Waals surface area contributed by atoms with E-state index in [4.69, 9.17) is 4.74 Å². The maximum Gasteiger partial charge on any atom is 0.119 e. The third kappa shape index (κ3) is 3.15. The molecule has 2 nitrogen and oxygen atoms in total. The van der Waals surface area contributed by atoms with E-state index in [0.717, 1.165) is 18.6 Å². The van der Waals surface area contributed by atoms with Gasteiger partial charge >= 0.3 is 0 Å². The average molecular weight is 254 g/mol. The lowest BCUT2D eigenvalue weighted by Crippen LogP contribution is -2.19. The molecule has 0 bridgehead atoms. The summed E-state index contributed by atoms with van der Waals surface area (Å²) in [4.78, 5) is 0. The van der Waals surface area contributed by atoms with Crippen molar-refractivity contribution in [1.29, 1.82) is 0 Å². The molecule has 2 aromatic carbocycles. The Balaban J connectivity index is 1.62. The molecule has 19 heavy (non-hydrogen) atoms. The molecule has 2 aromatic rings. The van der Waals surface area contributed by atoms with Gasteiger partial charge in [0.25, 0.3) is 0 Å². The zero-order chi connectivity index (χ0) is 13.1. The van der Waals surface area contributed by atoms with Crippen molar-refractivity contribution in [3.8, 4) is 16.9 Å². The van der Waals surface area contributed by atoms with Gasteiger partial charge in [0.05, 0.1) is 6.10 Å². The fourth-order valence-electron chi connectivity index (χ4n) is 2.17. The van der Waals surface area contributed by atoms with E-state index in [-0.39, 0.29) is 6.10 Å². The predicted octanol–water partition coefficient (Wildman–Crippen LogP) is 3.50. The van der Waals surface area contributed by atoms with E-state index in [0.29, 0.717) is 12.5 Å². The first-order chi connectivity index (χ1) is 9.33. The molecule has 0 radical (unpaired) electrons. The molecule has 1 aliphatic rings. The van der Waals surface area contributed by atoms with Gasteiger partial charge in [-0.15, -0.1) is 0 Å². The van der Waals surface area contributed by atoms with Crippen molar-refractivity contribution in [1.82, 2.24) is 0 Å². The zero-order valence-electron chi connectivity index (χ0n) is 10.8. The monoisotopic (exact) mass is 254 g/mol. The Bertz CT molecular complexity index is 515. The number of aliphatic hydroxyl groups excluding tert-OH is 1. The maximum absolute atomic E-state index is 9.76. The highest BCUT2D eigenvalue weighted by molar-refractivity contribution is 5.63. The van der Waals surface area contributed by atoms with Crippen LogP contribution in [-0.4, -0.2) is 17.8 Å². The first-order valence-corrected chi connectivity index (χ1v) is 6.79. The molecule has 2 heteroatoms. The maximum atomic E-state index is 9.76. The van der Waals surface area contributed by atoms with Gasteiger partial charge in [-0.1, -0.05) is 42.5 Å². The van der Waals surface area contributed by atoms with Crippen LogP contribution in [-0.2, 0) is 0 Å². The Morgan fingerprint density at radius 1 is 0.947 bits per heavy atom. The van der Waals surface area contributed by atoms with Crippen molar-refractivity contribution in [2.75, 3.05) is 6.61 Å². The van der Waals surface area contributed by atoms with Gasteiger partial charge < -0.3 is 9.84 Å². The number of rotatable bonds is 5. The fraction of sp³-hybridized carbons (Fsp3) is 0.294. The van der Waals surface area contributed by atoms with E-state index in [1.54, 1.807) is 0 Å². The van der Waals surface area contributed by atoms with Crippen molar-refractivity contribution in [3.05, 3.63) is 54.6 Å². The second kappa shape index (κ2) is 5.45. The summed E-state index contributed by atoms with van der Waals surface area (Å²) in [7, 11) is 0. The van der Waals surface area contributed by atoms with Crippen LogP contribution in [0.1, 0.15) is 12.8 Å². The smallest absolute Gasteiger partial charge is 0.119 e. The summed E-state index contributed by atoms with van der Waals surface area (Å²) < 4.78 is 5.61. The quantitative estimate of drug-likeness (QED) is 0.884. The minimum absolute atomic E-state index is 0.311. The number of hydrogen-bond donors (Lipinski definition) is 1. The minimum atomic E-state index is -0.311. The van der Waals surface area contributed by atoms with Crippen LogP contribution >= 0.6 is 0 Å². The van der Waals surface area contributed by atoms with E-state index in [1.807, 2.05) is 42.5 Å². The molecule has 0 heterocycles. The Hall–Kier alpha value is -1.80. The SMILES string of the molecule is O[C@H](COc1ccc(-c2ccccc2)cc1)C1CC1. The summed E-state index contributed by atoms with van der Waals surface area (Å²) in [6.07, 6.45) is 1.96. The van der Waals surface area contributed by atoms with E-state index in [1.165, 1.54) is 11.1 Å². The van der Waals surface area contributed by atoms with Gasteiger partial charge in [0, 0.05) is 0 Å². The molecule has 0 aliphatic heterocycles.